The molecular formula is C13H13ClN2O4S2. The summed E-state index contributed by atoms with van der Waals surface area (Å²) in [6.45, 7) is 0. The van der Waals surface area contributed by atoms with E-state index in [0.29, 0.717) is 16.4 Å². The SMILES string of the molecule is CS(=O)(=O)Nc1ccc(NS(=O)(=O)c2ccc(Cl)cc2)cc1. The predicted octanol–water partition coefficient (Wildman–Crippen LogP) is 2.51. The van der Waals surface area contributed by atoms with Crippen molar-refractivity contribution < 1.29 is 16.8 Å². The van der Waals surface area contributed by atoms with E-state index in [1.165, 1.54) is 48.5 Å². The molecule has 2 aromatic carbocycles. The Morgan fingerprint density at radius 3 is 1.68 bits per heavy atom. The van der Waals surface area contributed by atoms with Gasteiger partial charge in [-0.05, 0) is 48.5 Å². The lowest BCUT2D eigenvalue weighted by Crippen LogP contribution is -2.13. The Kier molecular flexibility index (Phi) is 4.64. The fourth-order valence-electron chi connectivity index (χ4n) is 1.65. The third-order valence-corrected chi connectivity index (χ3v) is 4.82. The zero-order valence-corrected chi connectivity index (χ0v) is 13.8. The van der Waals surface area contributed by atoms with Crippen LogP contribution in [0.15, 0.2) is 53.4 Å². The molecule has 0 atom stereocenters. The van der Waals surface area contributed by atoms with Gasteiger partial charge in [-0.25, -0.2) is 16.8 Å². The Labute approximate surface area is 134 Å². The van der Waals surface area contributed by atoms with Crippen LogP contribution in [0.25, 0.3) is 0 Å². The molecule has 2 N–H and O–H groups in total. The van der Waals surface area contributed by atoms with Crippen molar-refractivity contribution in [2.24, 2.45) is 0 Å². The average molecular weight is 361 g/mol. The Morgan fingerprint density at radius 2 is 1.23 bits per heavy atom. The quantitative estimate of drug-likeness (QED) is 0.856. The second kappa shape index (κ2) is 6.15. The van der Waals surface area contributed by atoms with Gasteiger partial charge in [-0.15, -0.1) is 0 Å². The summed E-state index contributed by atoms with van der Waals surface area (Å²) in [6.07, 6.45) is 1.03. The lowest BCUT2D eigenvalue weighted by atomic mass is 10.3. The fourth-order valence-corrected chi connectivity index (χ4v) is 3.40. The molecule has 0 radical (unpaired) electrons. The van der Waals surface area contributed by atoms with E-state index in [1.807, 2.05) is 0 Å². The molecule has 2 rings (SSSR count). The highest BCUT2D eigenvalue weighted by Gasteiger charge is 2.14. The van der Waals surface area contributed by atoms with Crippen LogP contribution in [-0.4, -0.2) is 23.1 Å². The summed E-state index contributed by atoms with van der Waals surface area (Å²) in [5, 5.41) is 0.440. The molecule has 0 saturated heterocycles. The molecule has 0 aliphatic rings. The van der Waals surface area contributed by atoms with Crippen molar-refractivity contribution in [3.63, 3.8) is 0 Å². The highest BCUT2D eigenvalue weighted by molar-refractivity contribution is 7.92. The van der Waals surface area contributed by atoms with Crippen LogP contribution in [0.3, 0.4) is 0 Å². The molecule has 9 heteroatoms. The molecule has 2 aromatic rings. The molecule has 0 heterocycles. The molecule has 0 unspecified atom stereocenters. The number of hydrogen-bond donors (Lipinski definition) is 2. The van der Waals surface area contributed by atoms with Gasteiger partial charge in [0.1, 0.15) is 0 Å². The van der Waals surface area contributed by atoms with E-state index in [2.05, 4.69) is 9.44 Å². The summed E-state index contributed by atoms with van der Waals surface area (Å²) in [7, 11) is -7.10. The molecule has 0 aliphatic carbocycles. The van der Waals surface area contributed by atoms with Gasteiger partial charge < -0.3 is 0 Å². The number of anilines is 2. The first-order valence-corrected chi connectivity index (χ1v) is 9.77. The van der Waals surface area contributed by atoms with Crippen molar-refractivity contribution in [2.45, 2.75) is 4.90 Å². The van der Waals surface area contributed by atoms with Crippen LogP contribution < -0.4 is 9.44 Å². The lowest BCUT2D eigenvalue weighted by molar-refractivity contribution is 0.600. The van der Waals surface area contributed by atoms with E-state index < -0.39 is 20.0 Å². The van der Waals surface area contributed by atoms with Gasteiger partial charge in [0.05, 0.1) is 11.2 Å². The monoisotopic (exact) mass is 360 g/mol. The summed E-state index contributed by atoms with van der Waals surface area (Å²) >= 11 is 5.72. The standard InChI is InChI=1S/C13H13ClN2O4S2/c1-21(17,18)15-11-4-6-12(7-5-11)16-22(19,20)13-8-2-10(14)3-9-13/h2-9,15-16H,1H3. The summed E-state index contributed by atoms with van der Waals surface area (Å²) < 4.78 is 51.2. The molecule has 0 fully saturated rings. The molecule has 0 amide bonds. The van der Waals surface area contributed by atoms with E-state index in [0.717, 1.165) is 6.26 Å². The normalized spacial score (nSPS) is 11.9. The molecule has 0 aliphatic heterocycles. The molecule has 0 aromatic heterocycles. The lowest BCUT2D eigenvalue weighted by Gasteiger charge is -2.09. The van der Waals surface area contributed by atoms with E-state index in [1.54, 1.807) is 0 Å². The van der Waals surface area contributed by atoms with Gasteiger partial charge in [-0.3, -0.25) is 9.44 Å². The topological polar surface area (TPSA) is 92.3 Å². The van der Waals surface area contributed by atoms with Gasteiger partial charge >= 0.3 is 0 Å². The van der Waals surface area contributed by atoms with Crippen molar-refractivity contribution in [3.05, 3.63) is 53.6 Å². The maximum absolute atomic E-state index is 12.2. The van der Waals surface area contributed by atoms with Crippen LogP contribution in [0, 0.1) is 0 Å². The maximum Gasteiger partial charge on any atom is 0.261 e. The van der Waals surface area contributed by atoms with Crippen molar-refractivity contribution in [1.29, 1.82) is 0 Å². The highest BCUT2D eigenvalue weighted by atomic mass is 35.5. The van der Waals surface area contributed by atoms with E-state index in [9.17, 15) is 16.8 Å². The highest BCUT2D eigenvalue weighted by Crippen LogP contribution is 2.20. The van der Waals surface area contributed by atoms with E-state index in [-0.39, 0.29) is 4.90 Å². The Morgan fingerprint density at radius 1 is 0.773 bits per heavy atom. The van der Waals surface area contributed by atoms with Crippen LogP contribution in [0.4, 0.5) is 11.4 Å². The van der Waals surface area contributed by atoms with Crippen molar-refractivity contribution >= 4 is 43.0 Å². The Hall–Kier alpha value is -1.77. The van der Waals surface area contributed by atoms with E-state index in [4.69, 9.17) is 11.6 Å². The third-order valence-electron chi connectivity index (χ3n) is 2.56. The summed E-state index contributed by atoms with van der Waals surface area (Å²) in [4.78, 5) is 0.0789. The predicted molar refractivity (Wildman–Crippen MR) is 87.2 cm³/mol. The number of halogens is 1. The van der Waals surface area contributed by atoms with Gasteiger partial charge in [0.15, 0.2) is 0 Å². The minimum Gasteiger partial charge on any atom is -0.284 e. The van der Waals surface area contributed by atoms with Gasteiger partial charge in [-0.1, -0.05) is 11.6 Å². The molecule has 22 heavy (non-hydrogen) atoms. The second-order valence-electron chi connectivity index (χ2n) is 4.51. The van der Waals surface area contributed by atoms with Gasteiger partial charge in [-0.2, -0.15) is 0 Å². The van der Waals surface area contributed by atoms with Gasteiger partial charge in [0.2, 0.25) is 10.0 Å². The number of benzene rings is 2. The number of rotatable bonds is 5. The summed E-state index contributed by atoms with van der Waals surface area (Å²) in [5.74, 6) is 0. The van der Waals surface area contributed by atoms with E-state index >= 15 is 0 Å². The minimum absolute atomic E-state index is 0.0789. The first kappa shape index (κ1) is 16.6. The van der Waals surface area contributed by atoms with Gasteiger partial charge in [0, 0.05) is 16.4 Å². The molecular weight excluding hydrogens is 348 g/mol. The maximum atomic E-state index is 12.2. The Balaban J connectivity index is 2.18. The molecule has 6 nitrogen and oxygen atoms in total. The first-order valence-electron chi connectivity index (χ1n) is 6.02. The van der Waals surface area contributed by atoms with Crippen LogP contribution in [0.1, 0.15) is 0 Å². The molecule has 0 bridgehead atoms. The zero-order chi connectivity index (χ0) is 16.4. The first-order chi connectivity index (χ1) is 10.2. The largest absolute Gasteiger partial charge is 0.284 e. The zero-order valence-electron chi connectivity index (χ0n) is 11.4. The number of nitrogens with one attached hydrogen (secondary N) is 2. The smallest absolute Gasteiger partial charge is 0.261 e. The van der Waals surface area contributed by atoms with Crippen LogP contribution in [0.2, 0.25) is 5.02 Å². The van der Waals surface area contributed by atoms with Crippen molar-refractivity contribution in [3.8, 4) is 0 Å². The molecule has 118 valence electrons. The number of hydrogen-bond acceptors (Lipinski definition) is 4. The van der Waals surface area contributed by atoms with Crippen molar-refractivity contribution in [2.75, 3.05) is 15.7 Å². The van der Waals surface area contributed by atoms with Crippen LogP contribution in [-0.2, 0) is 20.0 Å². The second-order valence-corrected chi connectivity index (χ2v) is 8.38. The molecule has 0 saturated carbocycles. The number of sulfonamides is 2. The van der Waals surface area contributed by atoms with Crippen molar-refractivity contribution in [1.82, 2.24) is 0 Å². The van der Waals surface area contributed by atoms with Gasteiger partial charge in [0.25, 0.3) is 10.0 Å². The summed E-state index contributed by atoms with van der Waals surface area (Å²) in [5.41, 5.74) is 0.658. The molecule has 0 spiro atoms. The van der Waals surface area contributed by atoms with Crippen LogP contribution >= 0.6 is 11.6 Å². The summed E-state index contributed by atoms with van der Waals surface area (Å²) in [6, 6.07) is 11.6. The fraction of sp³-hybridized carbons (Fsp3) is 0.0769. The van der Waals surface area contributed by atoms with Crippen LogP contribution in [0.5, 0.6) is 0 Å². The Bertz CT molecular complexity index is 861. The average Bonchev–Trinajstić information content (AvgIpc) is 2.39. The third kappa shape index (κ3) is 4.62. The minimum atomic E-state index is -3.73.